The third kappa shape index (κ3) is 4.76. The van der Waals surface area contributed by atoms with Crippen LogP contribution in [0.15, 0.2) is 96.1 Å². The number of phenols is 1. The van der Waals surface area contributed by atoms with Gasteiger partial charge in [-0.05, 0) is 70.9 Å². The van der Waals surface area contributed by atoms with Gasteiger partial charge in [-0.3, -0.25) is 4.79 Å². The van der Waals surface area contributed by atoms with Crippen molar-refractivity contribution in [2.45, 2.75) is 0 Å². The zero-order valence-corrected chi connectivity index (χ0v) is 16.4. The van der Waals surface area contributed by atoms with Gasteiger partial charge < -0.3 is 9.84 Å². The summed E-state index contributed by atoms with van der Waals surface area (Å²) < 4.78 is 5.50. The predicted molar refractivity (Wildman–Crippen MR) is 119 cm³/mol. The largest absolute Gasteiger partial charge is 0.508 e. The van der Waals surface area contributed by atoms with E-state index in [1.165, 1.54) is 30.5 Å². The Labute approximate surface area is 178 Å². The summed E-state index contributed by atoms with van der Waals surface area (Å²) in [5, 5.41) is 15.0. The second-order valence-electron chi connectivity index (χ2n) is 6.73. The average Bonchev–Trinajstić information content (AvgIpc) is 2.80. The molecule has 0 fully saturated rings. The van der Waals surface area contributed by atoms with Gasteiger partial charge in [0.2, 0.25) is 0 Å². The number of nitrogens with one attached hydrogen (secondary N) is 1. The van der Waals surface area contributed by atoms with E-state index in [0.29, 0.717) is 16.9 Å². The Bertz CT molecular complexity index is 1260. The van der Waals surface area contributed by atoms with Crippen molar-refractivity contribution in [2.24, 2.45) is 5.10 Å². The molecule has 4 aromatic rings. The number of hydrogen-bond acceptors (Lipinski definition) is 5. The van der Waals surface area contributed by atoms with Gasteiger partial charge in [-0.2, -0.15) is 5.10 Å². The van der Waals surface area contributed by atoms with Gasteiger partial charge in [0, 0.05) is 5.56 Å². The molecular formula is C25H18N2O4. The lowest BCUT2D eigenvalue weighted by atomic mass is 10.0. The van der Waals surface area contributed by atoms with Crippen LogP contribution in [0.4, 0.5) is 0 Å². The van der Waals surface area contributed by atoms with Gasteiger partial charge in [-0.15, -0.1) is 0 Å². The van der Waals surface area contributed by atoms with Gasteiger partial charge >= 0.3 is 5.97 Å². The lowest BCUT2D eigenvalue weighted by molar-refractivity contribution is 0.0736. The molecule has 0 saturated heterocycles. The molecule has 4 rings (SSSR count). The van der Waals surface area contributed by atoms with Crippen LogP contribution in [0.1, 0.15) is 26.3 Å². The first-order chi connectivity index (χ1) is 15.1. The van der Waals surface area contributed by atoms with Crippen LogP contribution >= 0.6 is 0 Å². The van der Waals surface area contributed by atoms with E-state index in [4.69, 9.17) is 4.74 Å². The van der Waals surface area contributed by atoms with Crippen molar-refractivity contribution in [1.29, 1.82) is 0 Å². The van der Waals surface area contributed by atoms with E-state index in [2.05, 4.69) is 10.5 Å². The Morgan fingerprint density at radius 1 is 0.839 bits per heavy atom. The number of hydrogen-bond donors (Lipinski definition) is 2. The average molecular weight is 410 g/mol. The van der Waals surface area contributed by atoms with E-state index in [1.54, 1.807) is 30.3 Å². The molecule has 152 valence electrons. The molecule has 0 radical (unpaired) electrons. The number of rotatable bonds is 5. The molecule has 0 aliphatic rings. The highest BCUT2D eigenvalue weighted by Crippen LogP contribution is 2.21. The number of hydrazone groups is 1. The minimum Gasteiger partial charge on any atom is -0.508 e. The summed E-state index contributed by atoms with van der Waals surface area (Å²) in [6.07, 6.45) is 1.48. The Morgan fingerprint density at radius 3 is 2.32 bits per heavy atom. The highest BCUT2D eigenvalue weighted by molar-refractivity contribution is 6.05. The number of phenolic OH excluding ortho intramolecular Hbond substituents is 1. The minimum atomic E-state index is -0.431. The zero-order valence-electron chi connectivity index (χ0n) is 16.4. The summed E-state index contributed by atoms with van der Waals surface area (Å²) in [5.41, 5.74) is 4.02. The van der Waals surface area contributed by atoms with Crippen LogP contribution in [-0.2, 0) is 0 Å². The maximum Gasteiger partial charge on any atom is 0.344 e. The quantitative estimate of drug-likeness (QED) is 0.219. The van der Waals surface area contributed by atoms with Crippen molar-refractivity contribution in [3.8, 4) is 11.5 Å². The van der Waals surface area contributed by atoms with Crippen LogP contribution in [0.3, 0.4) is 0 Å². The summed E-state index contributed by atoms with van der Waals surface area (Å²) in [4.78, 5) is 24.6. The summed E-state index contributed by atoms with van der Waals surface area (Å²) in [7, 11) is 0. The number of fused-ring (bicyclic) bond motifs is 1. The van der Waals surface area contributed by atoms with E-state index >= 15 is 0 Å². The van der Waals surface area contributed by atoms with Crippen molar-refractivity contribution in [3.63, 3.8) is 0 Å². The van der Waals surface area contributed by atoms with Crippen LogP contribution < -0.4 is 10.2 Å². The molecule has 0 atom stereocenters. The Kier molecular flexibility index (Phi) is 5.71. The molecule has 6 heteroatoms. The van der Waals surface area contributed by atoms with E-state index in [0.717, 1.165) is 16.3 Å². The van der Waals surface area contributed by atoms with E-state index in [9.17, 15) is 14.7 Å². The van der Waals surface area contributed by atoms with E-state index in [1.807, 2.05) is 36.4 Å². The first-order valence-electron chi connectivity index (χ1n) is 9.52. The number of aromatic hydroxyl groups is 1. The van der Waals surface area contributed by atoms with Gasteiger partial charge in [-0.25, -0.2) is 10.2 Å². The predicted octanol–water partition coefficient (Wildman–Crippen LogP) is 4.53. The molecule has 0 aliphatic heterocycles. The van der Waals surface area contributed by atoms with Crippen molar-refractivity contribution < 1.29 is 19.4 Å². The van der Waals surface area contributed by atoms with Crippen molar-refractivity contribution in [1.82, 2.24) is 5.43 Å². The molecule has 2 N–H and O–H groups in total. The third-order valence-electron chi connectivity index (χ3n) is 4.61. The maximum absolute atomic E-state index is 12.6. The molecule has 0 spiro atoms. The number of esters is 1. The highest BCUT2D eigenvalue weighted by Gasteiger charge is 2.12. The molecule has 6 nitrogen and oxygen atoms in total. The molecule has 4 aromatic carbocycles. The minimum absolute atomic E-state index is 0.0845. The fraction of sp³-hybridized carbons (Fsp3) is 0. The van der Waals surface area contributed by atoms with Gasteiger partial charge in [0.05, 0.1) is 11.8 Å². The van der Waals surface area contributed by atoms with Gasteiger partial charge in [-0.1, -0.05) is 36.4 Å². The molecule has 0 aromatic heterocycles. The number of carbonyl (C=O) groups excluding carboxylic acids is 2. The standard InChI is InChI=1S/C25H18N2O4/c28-20-12-10-19(11-13-20)24(29)27-26-16-17-8-14-21(15-9-17)31-25(30)23-7-3-5-18-4-1-2-6-22(18)23/h1-16,28H,(H,27,29)/b26-16+. The highest BCUT2D eigenvalue weighted by atomic mass is 16.5. The Hall–Kier alpha value is -4.45. The summed E-state index contributed by atoms with van der Waals surface area (Å²) in [6.45, 7) is 0. The van der Waals surface area contributed by atoms with Crippen molar-refractivity contribution in [3.05, 3.63) is 108 Å². The van der Waals surface area contributed by atoms with E-state index in [-0.39, 0.29) is 5.75 Å². The summed E-state index contributed by atoms with van der Waals surface area (Å²) in [5.74, 6) is -0.333. The lowest BCUT2D eigenvalue weighted by Crippen LogP contribution is -2.17. The zero-order chi connectivity index (χ0) is 21.6. The second kappa shape index (κ2) is 8.92. The first-order valence-corrected chi connectivity index (χ1v) is 9.52. The Balaban J connectivity index is 1.39. The maximum atomic E-state index is 12.6. The Morgan fingerprint density at radius 2 is 1.55 bits per heavy atom. The van der Waals surface area contributed by atoms with Gasteiger partial charge in [0.15, 0.2) is 0 Å². The van der Waals surface area contributed by atoms with Gasteiger partial charge in [0.25, 0.3) is 5.91 Å². The number of ether oxygens (including phenoxy) is 1. The molecule has 0 aliphatic carbocycles. The fourth-order valence-electron chi connectivity index (χ4n) is 3.03. The van der Waals surface area contributed by atoms with Crippen LogP contribution in [-0.4, -0.2) is 23.2 Å². The number of carbonyl (C=O) groups is 2. The third-order valence-corrected chi connectivity index (χ3v) is 4.61. The molecule has 1 amide bonds. The summed E-state index contributed by atoms with van der Waals surface area (Å²) in [6, 6.07) is 25.8. The van der Waals surface area contributed by atoms with Crippen LogP contribution in [0.2, 0.25) is 0 Å². The topological polar surface area (TPSA) is 88.0 Å². The van der Waals surface area contributed by atoms with Crippen molar-refractivity contribution >= 4 is 28.9 Å². The van der Waals surface area contributed by atoms with Crippen LogP contribution in [0, 0.1) is 0 Å². The molecule has 0 heterocycles. The normalized spacial score (nSPS) is 10.8. The first kappa shape index (κ1) is 19.8. The molecule has 0 saturated carbocycles. The van der Waals surface area contributed by atoms with Crippen LogP contribution in [0.25, 0.3) is 10.8 Å². The van der Waals surface area contributed by atoms with Crippen LogP contribution in [0.5, 0.6) is 11.5 Å². The SMILES string of the molecule is O=C(N/N=C/c1ccc(OC(=O)c2cccc3ccccc23)cc1)c1ccc(O)cc1. The van der Waals surface area contributed by atoms with E-state index < -0.39 is 11.9 Å². The number of nitrogens with zero attached hydrogens (tertiary/aromatic N) is 1. The summed E-state index contributed by atoms with van der Waals surface area (Å²) >= 11 is 0. The molecule has 0 bridgehead atoms. The number of benzene rings is 4. The molecule has 0 unspecified atom stereocenters. The smallest absolute Gasteiger partial charge is 0.344 e. The second-order valence-corrected chi connectivity index (χ2v) is 6.73. The fourth-order valence-corrected chi connectivity index (χ4v) is 3.03. The van der Waals surface area contributed by atoms with Gasteiger partial charge in [0.1, 0.15) is 11.5 Å². The number of amides is 1. The lowest BCUT2D eigenvalue weighted by Gasteiger charge is -2.07. The van der Waals surface area contributed by atoms with Crippen molar-refractivity contribution in [2.75, 3.05) is 0 Å². The monoisotopic (exact) mass is 410 g/mol. The molecule has 31 heavy (non-hydrogen) atoms. The molecular weight excluding hydrogens is 392 g/mol.